The summed E-state index contributed by atoms with van der Waals surface area (Å²) in [6.45, 7) is 5.80. The zero-order chi connectivity index (χ0) is 12.9. The van der Waals surface area contributed by atoms with E-state index in [1.165, 1.54) is 4.31 Å². The number of piperidine rings is 1. The zero-order valence-electron chi connectivity index (χ0n) is 10.5. The molecule has 1 atom stereocenters. The molecule has 100 valence electrons. The van der Waals surface area contributed by atoms with Crippen LogP contribution in [0.4, 0.5) is 0 Å². The van der Waals surface area contributed by atoms with Crippen molar-refractivity contribution in [3.8, 4) is 0 Å². The third-order valence-electron chi connectivity index (χ3n) is 3.18. The number of nitrogens with two attached hydrogens (primary N) is 1. The maximum Gasteiger partial charge on any atom is 0.281 e. The second-order valence-electron chi connectivity index (χ2n) is 4.51. The molecular formula is C11H23N3O2S. The maximum absolute atomic E-state index is 12.2. The first kappa shape index (κ1) is 14.6. The largest absolute Gasteiger partial charge is 0.330 e. The monoisotopic (exact) mass is 261 g/mol. The molecule has 1 aliphatic heterocycles. The Morgan fingerprint density at radius 2 is 2.29 bits per heavy atom. The van der Waals surface area contributed by atoms with Crippen LogP contribution in [0.3, 0.4) is 0 Å². The van der Waals surface area contributed by atoms with E-state index in [2.05, 4.69) is 6.58 Å². The number of nitrogens with zero attached hydrogens (tertiary/aromatic N) is 2. The molecule has 2 N–H and O–H groups in total. The van der Waals surface area contributed by atoms with Crippen LogP contribution in [-0.2, 0) is 10.2 Å². The highest BCUT2D eigenvalue weighted by Crippen LogP contribution is 2.19. The normalized spacial score (nSPS) is 22.9. The summed E-state index contributed by atoms with van der Waals surface area (Å²) < 4.78 is 27.4. The Bertz CT molecular complexity index is 343. The molecule has 0 amide bonds. The predicted molar refractivity (Wildman–Crippen MR) is 69.7 cm³/mol. The molecule has 0 aromatic heterocycles. The summed E-state index contributed by atoms with van der Waals surface area (Å²) in [5, 5.41) is 0. The minimum atomic E-state index is -3.31. The molecule has 0 aromatic carbocycles. The Morgan fingerprint density at radius 3 is 2.88 bits per heavy atom. The fourth-order valence-corrected chi connectivity index (χ4v) is 3.50. The summed E-state index contributed by atoms with van der Waals surface area (Å²) >= 11 is 0. The third-order valence-corrected chi connectivity index (χ3v) is 5.14. The van der Waals surface area contributed by atoms with Crippen LogP contribution in [0.2, 0.25) is 0 Å². The van der Waals surface area contributed by atoms with E-state index in [0.29, 0.717) is 38.5 Å². The van der Waals surface area contributed by atoms with Crippen LogP contribution < -0.4 is 5.73 Å². The van der Waals surface area contributed by atoms with Crippen molar-refractivity contribution < 1.29 is 8.42 Å². The van der Waals surface area contributed by atoms with Crippen LogP contribution in [0.5, 0.6) is 0 Å². The van der Waals surface area contributed by atoms with Gasteiger partial charge in [-0.1, -0.05) is 6.08 Å². The van der Waals surface area contributed by atoms with Crippen LogP contribution in [0.25, 0.3) is 0 Å². The van der Waals surface area contributed by atoms with E-state index in [0.717, 1.165) is 12.8 Å². The molecular weight excluding hydrogens is 238 g/mol. The summed E-state index contributed by atoms with van der Waals surface area (Å²) in [4.78, 5) is 0. The molecule has 0 spiro atoms. The number of hydrogen-bond donors (Lipinski definition) is 1. The van der Waals surface area contributed by atoms with Gasteiger partial charge in [-0.05, 0) is 31.7 Å². The fourth-order valence-electron chi connectivity index (χ4n) is 2.01. The van der Waals surface area contributed by atoms with Gasteiger partial charge in [0.15, 0.2) is 0 Å². The maximum atomic E-state index is 12.2. The minimum absolute atomic E-state index is 0.298. The van der Waals surface area contributed by atoms with Crippen molar-refractivity contribution in [2.45, 2.75) is 19.3 Å². The van der Waals surface area contributed by atoms with E-state index >= 15 is 0 Å². The van der Waals surface area contributed by atoms with Crippen molar-refractivity contribution >= 4 is 10.2 Å². The van der Waals surface area contributed by atoms with Gasteiger partial charge in [-0.25, -0.2) is 0 Å². The molecule has 0 radical (unpaired) electrons. The van der Waals surface area contributed by atoms with Crippen LogP contribution in [0.15, 0.2) is 12.7 Å². The lowest BCUT2D eigenvalue weighted by Crippen LogP contribution is -2.47. The zero-order valence-corrected chi connectivity index (χ0v) is 11.3. The molecule has 1 rings (SSSR count). The standard InChI is InChI=1S/C11H23N3O2S/c1-3-4-7-13(2)17(15,16)14-8-5-6-11(9-12)10-14/h3,11H,1,4-10,12H2,2H3. The Kier molecular flexibility index (Phi) is 5.58. The molecule has 17 heavy (non-hydrogen) atoms. The summed E-state index contributed by atoms with van der Waals surface area (Å²) in [5.74, 6) is 0.298. The van der Waals surface area contributed by atoms with Crippen molar-refractivity contribution in [2.75, 3.05) is 33.2 Å². The number of hydrogen-bond acceptors (Lipinski definition) is 3. The van der Waals surface area contributed by atoms with Gasteiger partial charge in [0, 0.05) is 26.7 Å². The van der Waals surface area contributed by atoms with Crippen LogP contribution >= 0.6 is 0 Å². The highest BCUT2D eigenvalue weighted by molar-refractivity contribution is 7.86. The molecule has 1 unspecified atom stereocenters. The summed E-state index contributed by atoms with van der Waals surface area (Å²) in [5.41, 5.74) is 5.62. The van der Waals surface area contributed by atoms with Crippen molar-refractivity contribution in [1.82, 2.24) is 8.61 Å². The highest BCUT2D eigenvalue weighted by atomic mass is 32.2. The lowest BCUT2D eigenvalue weighted by molar-refractivity contribution is 0.256. The predicted octanol–water partition coefficient (Wildman–Crippen LogP) is 0.410. The van der Waals surface area contributed by atoms with Gasteiger partial charge in [-0.15, -0.1) is 6.58 Å². The van der Waals surface area contributed by atoms with Gasteiger partial charge in [-0.3, -0.25) is 0 Å². The quantitative estimate of drug-likeness (QED) is 0.704. The second-order valence-corrected chi connectivity index (χ2v) is 6.54. The van der Waals surface area contributed by atoms with Gasteiger partial charge < -0.3 is 5.73 Å². The average Bonchev–Trinajstić information content (AvgIpc) is 2.35. The fraction of sp³-hybridized carbons (Fsp3) is 0.818. The van der Waals surface area contributed by atoms with Crippen LogP contribution in [0, 0.1) is 5.92 Å². The first-order valence-electron chi connectivity index (χ1n) is 6.04. The third kappa shape index (κ3) is 3.77. The summed E-state index contributed by atoms with van der Waals surface area (Å²) in [6, 6.07) is 0. The SMILES string of the molecule is C=CCCN(C)S(=O)(=O)N1CCCC(CN)C1. The molecule has 0 aliphatic carbocycles. The highest BCUT2D eigenvalue weighted by Gasteiger charge is 2.30. The second kappa shape index (κ2) is 6.49. The van der Waals surface area contributed by atoms with Gasteiger partial charge in [0.1, 0.15) is 0 Å². The van der Waals surface area contributed by atoms with E-state index < -0.39 is 10.2 Å². The molecule has 6 heteroatoms. The van der Waals surface area contributed by atoms with Gasteiger partial charge in [0.2, 0.25) is 0 Å². The van der Waals surface area contributed by atoms with E-state index in [1.54, 1.807) is 17.4 Å². The minimum Gasteiger partial charge on any atom is -0.330 e. The average molecular weight is 261 g/mol. The Labute approximate surface area is 104 Å². The lowest BCUT2D eigenvalue weighted by atomic mass is 10.0. The molecule has 1 fully saturated rings. The first-order chi connectivity index (χ1) is 8.02. The number of rotatable bonds is 6. The smallest absolute Gasteiger partial charge is 0.281 e. The summed E-state index contributed by atoms with van der Waals surface area (Å²) in [6.07, 6.45) is 4.32. The van der Waals surface area contributed by atoms with Crippen molar-refractivity contribution in [3.05, 3.63) is 12.7 Å². The first-order valence-corrected chi connectivity index (χ1v) is 7.44. The summed E-state index contributed by atoms with van der Waals surface area (Å²) in [7, 11) is -1.70. The van der Waals surface area contributed by atoms with Crippen molar-refractivity contribution in [3.63, 3.8) is 0 Å². The molecule has 1 saturated heterocycles. The Morgan fingerprint density at radius 1 is 1.59 bits per heavy atom. The molecule has 0 bridgehead atoms. The van der Waals surface area contributed by atoms with Crippen molar-refractivity contribution in [2.24, 2.45) is 11.7 Å². The molecule has 0 saturated carbocycles. The molecule has 0 aromatic rings. The van der Waals surface area contributed by atoms with Gasteiger partial charge in [0.25, 0.3) is 10.2 Å². The van der Waals surface area contributed by atoms with E-state index in [-0.39, 0.29) is 0 Å². The Hall–Kier alpha value is -0.430. The van der Waals surface area contributed by atoms with Gasteiger partial charge in [0.05, 0.1) is 0 Å². The Balaban J connectivity index is 2.65. The van der Waals surface area contributed by atoms with Crippen molar-refractivity contribution in [1.29, 1.82) is 0 Å². The topological polar surface area (TPSA) is 66.6 Å². The van der Waals surface area contributed by atoms with E-state index in [1.807, 2.05) is 0 Å². The lowest BCUT2D eigenvalue weighted by Gasteiger charge is -2.33. The molecule has 1 heterocycles. The van der Waals surface area contributed by atoms with Gasteiger partial charge in [-0.2, -0.15) is 17.0 Å². The van der Waals surface area contributed by atoms with Gasteiger partial charge >= 0.3 is 0 Å². The molecule has 5 nitrogen and oxygen atoms in total. The molecule has 1 aliphatic rings. The van der Waals surface area contributed by atoms with Crippen LogP contribution in [-0.4, -0.2) is 50.3 Å². The van der Waals surface area contributed by atoms with Crippen LogP contribution in [0.1, 0.15) is 19.3 Å². The van der Waals surface area contributed by atoms with E-state index in [4.69, 9.17) is 5.73 Å². The van der Waals surface area contributed by atoms with E-state index in [9.17, 15) is 8.42 Å².